The molecule has 0 bridgehead atoms. The number of carbonyl (C=O) groups is 1. The van der Waals surface area contributed by atoms with Crippen LogP contribution in [0.3, 0.4) is 0 Å². The number of hydrogen-bond donors (Lipinski definition) is 1. The molecule has 3 aromatic rings. The van der Waals surface area contributed by atoms with E-state index in [1.807, 2.05) is 53.8 Å². The van der Waals surface area contributed by atoms with E-state index in [-0.39, 0.29) is 5.91 Å². The highest BCUT2D eigenvalue weighted by atomic mass is 32.1. The molecule has 1 amide bonds. The van der Waals surface area contributed by atoms with Gasteiger partial charge in [0.05, 0.1) is 0 Å². The van der Waals surface area contributed by atoms with Crippen LogP contribution in [0.15, 0.2) is 72.1 Å². The van der Waals surface area contributed by atoms with Crippen LogP contribution in [-0.2, 0) is 6.54 Å². The number of thiophene rings is 1. The lowest BCUT2D eigenvalue weighted by Crippen LogP contribution is -2.22. The summed E-state index contributed by atoms with van der Waals surface area (Å²) in [6, 6.07) is 22.5. The van der Waals surface area contributed by atoms with Crippen molar-refractivity contribution < 1.29 is 4.79 Å². The third-order valence-corrected chi connectivity index (χ3v) is 5.84. The molecule has 0 aliphatic carbocycles. The van der Waals surface area contributed by atoms with Gasteiger partial charge in [0.25, 0.3) is 5.91 Å². The van der Waals surface area contributed by atoms with Gasteiger partial charge in [0.2, 0.25) is 0 Å². The number of hydrogen-bond acceptors (Lipinski definition) is 3. The number of likely N-dealkylation sites (tertiary alicyclic amines) is 1. The summed E-state index contributed by atoms with van der Waals surface area (Å²) < 4.78 is 0. The third kappa shape index (κ3) is 3.87. The Morgan fingerprint density at radius 2 is 1.85 bits per heavy atom. The average molecular weight is 362 g/mol. The molecule has 1 saturated heterocycles. The van der Waals surface area contributed by atoms with E-state index >= 15 is 0 Å². The first-order valence-corrected chi connectivity index (χ1v) is 9.90. The lowest BCUT2D eigenvalue weighted by atomic mass is 10.1. The van der Waals surface area contributed by atoms with Crippen molar-refractivity contribution in [1.82, 2.24) is 4.90 Å². The van der Waals surface area contributed by atoms with Gasteiger partial charge < -0.3 is 5.32 Å². The van der Waals surface area contributed by atoms with Gasteiger partial charge in [0.1, 0.15) is 0 Å². The maximum Gasteiger partial charge on any atom is 0.255 e. The Morgan fingerprint density at radius 1 is 1.04 bits per heavy atom. The smallest absolute Gasteiger partial charge is 0.255 e. The predicted octanol–water partition coefficient (Wildman–Crippen LogP) is 5.34. The molecule has 0 unspecified atom stereocenters. The van der Waals surface area contributed by atoms with Gasteiger partial charge in [-0.05, 0) is 60.7 Å². The van der Waals surface area contributed by atoms with E-state index in [2.05, 4.69) is 39.9 Å². The van der Waals surface area contributed by atoms with Gasteiger partial charge in [0.15, 0.2) is 0 Å². The first-order valence-electron chi connectivity index (χ1n) is 9.02. The number of para-hydroxylation sites is 1. The van der Waals surface area contributed by atoms with Crippen LogP contribution in [0.1, 0.15) is 39.7 Å². The fraction of sp³-hybridized carbons (Fsp3) is 0.227. The molecule has 0 saturated carbocycles. The topological polar surface area (TPSA) is 32.3 Å². The first kappa shape index (κ1) is 17.0. The fourth-order valence-corrected chi connectivity index (χ4v) is 4.43. The van der Waals surface area contributed by atoms with Crippen molar-refractivity contribution in [3.63, 3.8) is 0 Å². The standard InChI is InChI=1S/C22H22N2OS/c25-22(23-19-6-2-1-3-7-19)18-12-10-17(11-13-18)16-24-14-4-8-20(24)21-9-5-15-26-21/h1-3,5-7,9-13,15,20H,4,8,14,16H2,(H,23,25)/t20-/m1/s1. The Balaban J connectivity index is 1.40. The summed E-state index contributed by atoms with van der Waals surface area (Å²) in [5.41, 5.74) is 2.76. The quantitative estimate of drug-likeness (QED) is 0.665. The molecule has 2 aromatic carbocycles. The lowest BCUT2D eigenvalue weighted by molar-refractivity contribution is 0.102. The van der Waals surface area contributed by atoms with Crippen molar-refractivity contribution in [2.75, 3.05) is 11.9 Å². The molecule has 1 aliphatic rings. The molecule has 1 N–H and O–H groups in total. The molecule has 4 rings (SSSR count). The van der Waals surface area contributed by atoms with Gasteiger partial charge in [-0.3, -0.25) is 9.69 Å². The van der Waals surface area contributed by atoms with Crippen LogP contribution in [0.4, 0.5) is 5.69 Å². The Hall–Kier alpha value is -2.43. The number of carbonyl (C=O) groups excluding carboxylic acids is 1. The summed E-state index contributed by atoms with van der Waals surface area (Å²) in [6.45, 7) is 2.07. The van der Waals surface area contributed by atoms with Crippen LogP contribution in [0.5, 0.6) is 0 Å². The summed E-state index contributed by atoms with van der Waals surface area (Å²) in [5, 5.41) is 5.09. The summed E-state index contributed by atoms with van der Waals surface area (Å²) in [7, 11) is 0. The third-order valence-electron chi connectivity index (χ3n) is 4.87. The molecule has 1 atom stereocenters. The van der Waals surface area contributed by atoms with E-state index in [9.17, 15) is 4.79 Å². The summed E-state index contributed by atoms with van der Waals surface area (Å²) in [5.74, 6) is -0.0691. The van der Waals surface area contributed by atoms with E-state index in [0.29, 0.717) is 11.6 Å². The van der Waals surface area contributed by atoms with Crippen LogP contribution < -0.4 is 5.32 Å². The van der Waals surface area contributed by atoms with E-state index < -0.39 is 0 Å². The molecular weight excluding hydrogens is 340 g/mol. The second-order valence-electron chi connectivity index (χ2n) is 6.66. The zero-order valence-electron chi connectivity index (χ0n) is 14.6. The van der Waals surface area contributed by atoms with Crippen molar-refractivity contribution >= 4 is 22.9 Å². The minimum atomic E-state index is -0.0691. The average Bonchev–Trinajstić information content (AvgIpc) is 3.34. The Bertz CT molecular complexity index is 844. The molecule has 2 heterocycles. The number of nitrogens with one attached hydrogen (secondary N) is 1. The molecule has 3 nitrogen and oxygen atoms in total. The monoisotopic (exact) mass is 362 g/mol. The second-order valence-corrected chi connectivity index (χ2v) is 7.64. The molecule has 0 spiro atoms. The van der Waals surface area contributed by atoms with Gasteiger partial charge in [-0.2, -0.15) is 0 Å². The van der Waals surface area contributed by atoms with Crippen LogP contribution in [0.25, 0.3) is 0 Å². The molecule has 132 valence electrons. The number of benzene rings is 2. The number of amides is 1. The summed E-state index contributed by atoms with van der Waals surface area (Å²) in [6.07, 6.45) is 2.48. The molecule has 1 fully saturated rings. The molecule has 1 aliphatic heterocycles. The number of nitrogens with zero attached hydrogens (tertiary/aromatic N) is 1. The van der Waals surface area contributed by atoms with Crippen LogP contribution in [-0.4, -0.2) is 17.4 Å². The van der Waals surface area contributed by atoms with Gasteiger partial charge in [-0.25, -0.2) is 0 Å². The Morgan fingerprint density at radius 3 is 2.58 bits per heavy atom. The van der Waals surface area contributed by atoms with E-state index in [1.54, 1.807) is 0 Å². The molecule has 1 aromatic heterocycles. The van der Waals surface area contributed by atoms with Crippen molar-refractivity contribution in [3.05, 3.63) is 88.1 Å². The van der Waals surface area contributed by atoms with Crippen molar-refractivity contribution in [2.24, 2.45) is 0 Å². The molecule has 26 heavy (non-hydrogen) atoms. The van der Waals surface area contributed by atoms with Gasteiger partial charge in [0, 0.05) is 28.7 Å². The van der Waals surface area contributed by atoms with Gasteiger partial charge in [-0.15, -0.1) is 11.3 Å². The van der Waals surface area contributed by atoms with Crippen molar-refractivity contribution in [1.29, 1.82) is 0 Å². The second kappa shape index (κ2) is 7.85. The van der Waals surface area contributed by atoms with E-state index in [0.717, 1.165) is 18.8 Å². The van der Waals surface area contributed by atoms with Crippen molar-refractivity contribution in [3.8, 4) is 0 Å². The normalized spacial score (nSPS) is 17.3. The molecule has 4 heteroatoms. The maximum absolute atomic E-state index is 12.4. The highest BCUT2D eigenvalue weighted by molar-refractivity contribution is 7.10. The SMILES string of the molecule is O=C(Nc1ccccc1)c1ccc(CN2CCC[C@@H]2c2cccs2)cc1. The van der Waals surface area contributed by atoms with Gasteiger partial charge in [-0.1, -0.05) is 36.4 Å². The van der Waals surface area contributed by atoms with Crippen molar-refractivity contribution in [2.45, 2.75) is 25.4 Å². The summed E-state index contributed by atoms with van der Waals surface area (Å²) in [4.78, 5) is 16.4. The molecule has 0 radical (unpaired) electrons. The predicted molar refractivity (Wildman–Crippen MR) is 108 cm³/mol. The highest BCUT2D eigenvalue weighted by Crippen LogP contribution is 2.35. The van der Waals surface area contributed by atoms with Crippen LogP contribution in [0.2, 0.25) is 0 Å². The van der Waals surface area contributed by atoms with Gasteiger partial charge >= 0.3 is 0 Å². The van der Waals surface area contributed by atoms with Crippen LogP contribution >= 0.6 is 11.3 Å². The maximum atomic E-state index is 12.4. The number of rotatable bonds is 5. The van der Waals surface area contributed by atoms with E-state index in [4.69, 9.17) is 0 Å². The zero-order chi connectivity index (χ0) is 17.8. The zero-order valence-corrected chi connectivity index (χ0v) is 15.4. The largest absolute Gasteiger partial charge is 0.322 e. The minimum absolute atomic E-state index is 0.0691. The number of anilines is 1. The summed E-state index contributed by atoms with van der Waals surface area (Å²) >= 11 is 1.85. The Labute approximate surface area is 158 Å². The fourth-order valence-electron chi connectivity index (χ4n) is 3.54. The Kier molecular flexibility index (Phi) is 5.14. The highest BCUT2D eigenvalue weighted by Gasteiger charge is 2.26. The lowest BCUT2D eigenvalue weighted by Gasteiger charge is -2.23. The molecular formula is C22H22N2OS. The van der Waals surface area contributed by atoms with E-state index in [1.165, 1.54) is 23.3 Å². The first-order chi connectivity index (χ1) is 12.8. The minimum Gasteiger partial charge on any atom is -0.322 e. The van der Waals surface area contributed by atoms with Crippen LogP contribution in [0, 0.1) is 0 Å².